The lowest BCUT2D eigenvalue weighted by atomic mass is 9.59. The average Bonchev–Trinajstić information content (AvgIpc) is 2.62. The van der Waals surface area contributed by atoms with Gasteiger partial charge in [0.1, 0.15) is 11.9 Å². The van der Waals surface area contributed by atoms with Gasteiger partial charge in [0.05, 0.1) is 23.4 Å². The number of benzene rings is 1. The lowest BCUT2D eigenvalue weighted by molar-refractivity contribution is 0.357. The van der Waals surface area contributed by atoms with Crippen LogP contribution in [0.15, 0.2) is 47.2 Å². The first-order chi connectivity index (χ1) is 11.6. The maximum absolute atomic E-state index is 14.5. The van der Waals surface area contributed by atoms with E-state index >= 15 is 0 Å². The highest BCUT2D eigenvalue weighted by molar-refractivity contribution is 7.99. The van der Waals surface area contributed by atoms with E-state index < -0.39 is 17.2 Å². The van der Waals surface area contributed by atoms with Gasteiger partial charge in [-0.3, -0.25) is 0 Å². The number of allylic oxidation sites excluding steroid dienone is 3. The zero-order valence-electron chi connectivity index (χ0n) is 12.7. The Balaban J connectivity index is 2.37. The molecule has 0 saturated heterocycles. The van der Waals surface area contributed by atoms with Crippen molar-refractivity contribution in [3.8, 4) is 18.2 Å². The number of hydrogen-bond donors (Lipinski definition) is 1. The van der Waals surface area contributed by atoms with Gasteiger partial charge in [0.2, 0.25) is 0 Å². The zero-order valence-corrected chi connectivity index (χ0v) is 13.5. The number of nitrogens with zero attached hydrogens (tertiary/aromatic N) is 3. The second-order valence-corrected chi connectivity index (χ2v) is 6.81. The third-order valence-corrected chi connectivity index (χ3v) is 5.67. The molecule has 0 unspecified atom stereocenters. The van der Waals surface area contributed by atoms with E-state index in [-0.39, 0.29) is 17.2 Å². The van der Waals surface area contributed by atoms with Crippen LogP contribution in [0.25, 0.3) is 0 Å². The van der Waals surface area contributed by atoms with Crippen molar-refractivity contribution in [1.82, 2.24) is 0 Å². The summed E-state index contributed by atoms with van der Waals surface area (Å²) in [6.45, 7) is 0. The third kappa shape index (κ3) is 2.10. The molecular formula is C18H13FN4S. The molecule has 1 aromatic carbocycles. The van der Waals surface area contributed by atoms with Crippen molar-refractivity contribution in [2.45, 2.75) is 5.92 Å². The minimum Gasteiger partial charge on any atom is -0.399 e. The molecule has 0 amide bonds. The van der Waals surface area contributed by atoms with Crippen molar-refractivity contribution >= 4 is 11.8 Å². The minimum absolute atomic E-state index is 0.0716. The average molecular weight is 336 g/mol. The second-order valence-electron chi connectivity index (χ2n) is 5.73. The Morgan fingerprint density at radius 1 is 1.21 bits per heavy atom. The maximum Gasteiger partial charge on any atom is 0.191 e. The molecule has 2 aliphatic rings. The Kier molecular flexibility index (Phi) is 4.06. The molecule has 118 valence electrons. The quantitative estimate of drug-likeness (QED) is 0.850. The van der Waals surface area contributed by atoms with Gasteiger partial charge in [-0.05, 0) is 17.2 Å². The minimum atomic E-state index is -1.76. The van der Waals surface area contributed by atoms with Crippen molar-refractivity contribution in [3.05, 3.63) is 58.6 Å². The molecule has 1 aromatic rings. The molecule has 0 aromatic heterocycles. The first-order valence-corrected chi connectivity index (χ1v) is 8.51. The first-order valence-electron chi connectivity index (χ1n) is 7.36. The number of nitriles is 3. The van der Waals surface area contributed by atoms with E-state index in [2.05, 4.69) is 0 Å². The summed E-state index contributed by atoms with van der Waals surface area (Å²) >= 11 is 1.63. The molecule has 24 heavy (non-hydrogen) atoms. The SMILES string of the molecule is N#CC1=C(N)C(C#N)(C#N)[C@H](c2ccccc2F)[C@H]2CSCC=C12. The van der Waals surface area contributed by atoms with Gasteiger partial charge in [-0.2, -0.15) is 27.5 Å². The Labute approximate surface area is 143 Å². The molecule has 0 fully saturated rings. The van der Waals surface area contributed by atoms with Gasteiger partial charge >= 0.3 is 0 Å². The van der Waals surface area contributed by atoms with Crippen LogP contribution >= 0.6 is 11.8 Å². The Morgan fingerprint density at radius 2 is 1.92 bits per heavy atom. The van der Waals surface area contributed by atoms with E-state index in [0.29, 0.717) is 11.3 Å². The number of thioether (sulfide) groups is 1. The molecule has 2 N–H and O–H groups in total. The van der Waals surface area contributed by atoms with Crippen LogP contribution in [0.3, 0.4) is 0 Å². The van der Waals surface area contributed by atoms with Crippen molar-refractivity contribution in [3.63, 3.8) is 0 Å². The maximum atomic E-state index is 14.5. The summed E-state index contributed by atoms with van der Waals surface area (Å²) in [5.41, 5.74) is 5.49. The van der Waals surface area contributed by atoms with Gasteiger partial charge in [-0.15, -0.1) is 0 Å². The van der Waals surface area contributed by atoms with Crippen molar-refractivity contribution in [2.75, 3.05) is 11.5 Å². The third-order valence-electron chi connectivity index (χ3n) is 4.67. The summed E-state index contributed by atoms with van der Waals surface area (Å²) in [4.78, 5) is 0. The Hall–Kier alpha value is -2.75. The molecule has 0 saturated carbocycles. The van der Waals surface area contributed by atoms with E-state index in [1.165, 1.54) is 6.07 Å². The molecule has 0 bridgehead atoms. The van der Waals surface area contributed by atoms with Crippen molar-refractivity contribution in [2.24, 2.45) is 17.1 Å². The standard InChI is InChI=1S/C18H13FN4S/c19-15-4-2-1-3-12(15)16-14-8-24-6-5-11(14)13(7-20)17(23)18(16,9-21)10-22/h1-5,14,16H,6,8,23H2/t14-,16+/m0/s1. The molecule has 1 heterocycles. The van der Waals surface area contributed by atoms with Crippen LogP contribution in [-0.2, 0) is 0 Å². The summed E-state index contributed by atoms with van der Waals surface area (Å²) in [5, 5.41) is 29.1. The van der Waals surface area contributed by atoms with Crippen LogP contribution in [0.4, 0.5) is 4.39 Å². The summed E-state index contributed by atoms with van der Waals surface area (Å²) in [6.07, 6.45) is 1.90. The van der Waals surface area contributed by atoms with Crippen LogP contribution in [0, 0.1) is 51.1 Å². The first kappa shape index (κ1) is 16.1. The number of rotatable bonds is 1. The smallest absolute Gasteiger partial charge is 0.191 e. The second kappa shape index (κ2) is 6.04. The molecule has 0 spiro atoms. The fourth-order valence-corrected chi connectivity index (χ4v) is 4.62. The van der Waals surface area contributed by atoms with Gasteiger partial charge in [0.25, 0.3) is 0 Å². The van der Waals surface area contributed by atoms with Crippen LogP contribution in [0.2, 0.25) is 0 Å². The van der Waals surface area contributed by atoms with Gasteiger partial charge in [-0.1, -0.05) is 24.3 Å². The predicted octanol–water partition coefficient (Wildman–Crippen LogP) is 2.98. The molecular weight excluding hydrogens is 323 g/mol. The van der Waals surface area contributed by atoms with Crippen LogP contribution in [0.5, 0.6) is 0 Å². The van der Waals surface area contributed by atoms with Gasteiger partial charge in [-0.25, -0.2) is 4.39 Å². The summed E-state index contributed by atoms with van der Waals surface area (Å²) in [7, 11) is 0. The number of halogens is 1. The van der Waals surface area contributed by atoms with E-state index in [1.807, 2.05) is 24.3 Å². The zero-order chi connectivity index (χ0) is 17.3. The largest absolute Gasteiger partial charge is 0.399 e. The fraction of sp³-hybridized carbons (Fsp3) is 0.278. The summed E-state index contributed by atoms with van der Waals surface area (Å²) in [6, 6.07) is 12.2. The van der Waals surface area contributed by atoms with Crippen LogP contribution in [0.1, 0.15) is 11.5 Å². The molecule has 4 nitrogen and oxygen atoms in total. The Morgan fingerprint density at radius 3 is 2.54 bits per heavy atom. The van der Waals surface area contributed by atoms with E-state index in [9.17, 15) is 20.2 Å². The number of hydrogen-bond acceptors (Lipinski definition) is 5. The Bertz CT molecular complexity index is 868. The predicted molar refractivity (Wildman–Crippen MR) is 88.5 cm³/mol. The lowest BCUT2D eigenvalue weighted by Gasteiger charge is -2.43. The highest BCUT2D eigenvalue weighted by Gasteiger charge is 2.54. The van der Waals surface area contributed by atoms with Crippen LogP contribution in [-0.4, -0.2) is 11.5 Å². The number of fused-ring (bicyclic) bond motifs is 1. The highest BCUT2D eigenvalue weighted by atomic mass is 32.2. The van der Waals surface area contributed by atoms with Gasteiger partial charge in [0, 0.05) is 23.3 Å². The molecule has 3 rings (SSSR count). The van der Waals surface area contributed by atoms with E-state index in [0.717, 1.165) is 11.3 Å². The van der Waals surface area contributed by atoms with Crippen molar-refractivity contribution in [1.29, 1.82) is 15.8 Å². The molecule has 1 aliphatic carbocycles. The van der Waals surface area contributed by atoms with Gasteiger partial charge in [0.15, 0.2) is 5.41 Å². The van der Waals surface area contributed by atoms with E-state index in [1.54, 1.807) is 30.0 Å². The lowest BCUT2D eigenvalue weighted by Crippen LogP contribution is -2.43. The summed E-state index contributed by atoms with van der Waals surface area (Å²) < 4.78 is 14.5. The summed E-state index contributed by atoms with van der Waals surface area (Å²) in [5.74, 6) is -0.193. The van der Waals surface area contributed by atoms with Crippen molar-refractivity contribution < 1.29 is 4.39 Å². The molecule has 6 heteroatoms. The normalized spacial score (nSPS) is 24.8. The molecule has 0 radical (unpaired) electrons. The highest BCUT2D eigenvalue weighted by Crippen LogP contribution is 2.55. The number of nitrogens with two attached hydrogens (primary N) is 1. The van der Waals surface area contributed by atoms with E-state index in [4.69, 9.17) is 5.73 Å². The van der Waals surface area contributed by atoms with Crippen LogP contribution < -0.4 is 5.73 Å². The van der Waals surface area contributed by atoms with Gasteiger partial charge < -0.3 is 5.73 Å². The fourth-order valence-electron chi connectivity index (χ4n) is 3.56. The monoisotopic (exact) mass is 336 g/mol. The topological polar surface area (TPSA) is 97.4 Å². The molecule has 2 atom stereocenters. The molecule has 1 aliphatic heterocycles.